The van der Waals surface area contributed by atoms with E-state index in [0.29, 0.717) is 18.7 Å². The second kappa shape index (κ2) is 4.66. The van der Waals surface area contributed by atoms with Crippen molar-refractivity contribution < 1.29 is 8.81 Å². The second-order valence-corrected chi connectivity index (χ2v) is 4.96. The maximum atomic E-state index is 13.7. The molecular formula is C14H16FN3O. The molecule has 19 heavy (non-hydrogen) atoms. The molecule has 0 saturated heterocycles. The molecule has 0 spiro atoms. The molecule has 0 radical (unpaired) electrons. The SMILES string of the molecule is CC1NN=CC1Cc1cc(F)cc2cc(CN)oc12. The second-order valence-electron chi connectivity index (χ2n) is 4.96. The van der Waals surface area contributed by atoms with E-state index in [4.69, 9.17) is 10.2 Å². The van der Waals surface area contributed by atoms with Gasteiger partial charge in [-0.2, -0.15) is 5.10 Å². The zero-order chi connectivity index (χ0) is 13.4. The van der Waals surface area contributed by atoms with E-state index >= 15 is 0 Å². The molecule has 1 aliphatic rings. The van der Waals surface area contributed by atoms with Gasteiger partial charge in [-0.25, -0.2) is 4.39 Å². The third kappa shape index (κ3) is 2.21. The Morgan fingerprint density at radius 2 is 2.26 bits per heavy atom. The molecule has 2 heterocycles. The van der Waals surface area contributed by atoms with Crippen molar-refractivity contribution in [3.8, 4) is 0 Å². The number of rotatable bonds is 3. The Bertz CT molecular complexity index is 635. The monoisotopic (exact) mass is 261 g/mol. The van der Waals surface area contributed by atoms with Gasteiger partial charge in [0.2, 0.25) is 0 Å². The lowest BCUT2D eigenvalue weighted by Crippen LogP contribution is -2.25. The van der Waals surface area contributed by atoms with Crippen LogP contribution < -0.4 is 11.2 Å². The Balaban J connectivity index is 2.01. The van der Waals surface area contributed by atoms with E-state index in [-0.39, 0.29) is 17.8 Å². The average Bonchev–Trinajstić information content (AvgIpc) is 2.96. The van der Waals surface area contributed by atoms with Crippen molar-refractivity contribution in [1.82, 2.24) is 5.43 Å². The predicted octanol–water partition coefficient (Wildman–Crippen LogP) is 2.17. The number of hydrazone groups is 1. The van der Waals surface area contributed by atoms with E-state index in [1.807, 2.05) is 6.21 Å². The van der Waals surface area contributed by atoms with Crippen LogP contribution in [-0.4, -0.2) is 12.3 Å². The van der Waals surface area contributed by atoms with Gasteiger partial charge >= 0.3 is 0 Å². The van der Waals surface area contributed by atoms with E-state index in [2.05, 4.69) is 17.5 Å². The van der Waals surface area contributed by atoms with Crippen LogP contribution in [0.25, 0.3) is 11.0 Å². The van der Waals surface area contributed by atoms with E-state index in [1.54, 1.807) is 6.07 Å². The first-order valence-electron chi connectivity index (χ1n) is 6.37. The topological polar surface area (TPSA) is 63.5 Å². The lowest BCUT2D eigenvalue weighted by atomic mass is 9.94. The van der Waals surface area contributed by atoms with Gasteiger partial charge in [0.15, 0.2) is 0 Å². The Morgan fingerprint density at radius 1 is 1.42 bits per heavy atom. The molecule has 2 atom stereocenters. The summed E-state index contributed by atoms with van der Waals surface area (Å²) in [7, 11) is 0. The summed E-state index contributed by atoms with van der Waals surface area (Å²) in [6.45, 7) is 2.38. The molecule has 4 nitrogen and oxygen atoms in total. The van der Waals surface area contributed by atoms with Crippen molar-refractivity contribution in [3.63, 3.8) is 0 Å². The van der Waals surface area contributed by atoms with Crippen molar-refractivity contribution in [1.29, 1.82) is 0 Å². The van der Waals surface area contributed by atoms with Gasteiger partial charge in [0.05, 0.1) is 6.54 Å². The number of hydrogen-bond acceptors (Lipinski definition) is 4. The van der Waals surface area contributed by atoms with Crippen molar-refractivity contribution in [2.45, 2.75) is 25.9 Å². The molecule has 2 unspecified atom stereocenters. The summed E-state index contributed by atoms with van der Waals surface area (Å²) in [4.78, 5) is 0. The van der Waals surface area contributed by atoms with Crippen LogP contribution in [0.3, 0.4) is 0 Å². The van der Waals surface area contributed by atoms with E-state index in [0.717, 1.165) is 16.5 Å². The summed E-state index contributed by atoms with van der Waals surface area (Å²) in [5.41, 5.74) is 10.2. The first kappa shape index (κ1) is 12.2. The fraction of sp³-hybridized carbons (Fsp3) is 0.357. The van der Waals surface area contributed by atoms with Gasteiger partial charge in [-0.15, -0.1) is 0 Å². The molecule has 0 aliphatic carbocycles. The van der Waals surface area contributed by atoms with Crippen molar-refractivity contribution in [3.05, 3.63) is 35.3 Å². The lowest BCUT2D eigenvalue weighted by Gasteiger charge is -2.13. The zero-order valence-corrected chi connectivity index (χ0v) is 10.7. The summed E-state index contributed by atoms with van der Waals surface area (Å²) in [5, 5.41) is 4.82. The fourth-order valence-electron chi connectivity index (χ4n) is 2.46. The predicted molar refractivity (Wildman–Crippen MR) is 72.3 cm³/mol. The minimum Gasteiger partial charge on any atom is -0.459 e. The maximum absolute atomic E-state index is 13.7. The molecule has 1 aromatic heterocycles. The van der Waals surface area contributed by atoms with Gasteiger partial charge < -0.3 is 15.6 Å². The summed E-state index contributed by atoms with van der Waals surface area (Å²) in [6, 6.07) is 5.06. The third-order valence-electron chi connectivity index (χ3n) is 3.55. The Kier molecular flexibility index (Phi) is 2.98. The number of hydrogen-bond donors (Lipinski definition) is 2. The van der Waals surface area contributed by atoms with E-state index < -0.39 is 0 Å². The van der Waals surface area contributed by atoms with Gasteiger partial charge in [0, 0.05) is 23.6 Å². The van der Waals surface area contributed by atoms with Crippen molar-refractivity contribution >= 4 is 17.2 Å². The normalized spacial score (nSPS) is 22.1. The molecule has 0 saturated carbocycles. The molecule has 1 aromatic carbocycles. The summed E-state index contributed by atoms with van der Waals surface area (Å²) in [5.74, 6) is 0.673. The van der Waals surface area contributed by atoms with E-state index in [9.17, 15) is 4.39 Å². The quantitative estimate of drug-likeness (QED) is 0.890. The number of furan rings is 1. The first-order valence-corrected chi connectivity index (χ1v) is 6.37. The summed E-state index contributed by atoms with van der Waals surface area (Å²) >= 11 is 0. The average molecular weight is 261 g/mol. The lowest BCUT2D eigenvalue weighted by molar-refractivity contribution is 0.504. The van der Waals surface area contributed by atoms with Crippen LogP contribution in [0.15, 0.2) is 27.7 Å². The van der Waals surface area contributed by atoms with Gasteiger partial charge in [-0.3, -0.25) is 0 Å². The molecular weight excluding hydrogens is 245 g/mol. The third-order valence-corrected chi connectivity index (χ3v) is 3.55. The highest BCUT2D eigenvalue weighted by atomic mass is 19.1. The molecule has 100 valence electrons. The van der Waals surface area contributed by atoms with Crippen LogP contribution in [0, 0.1) is 11.7 Å². The molecule has 3 rings (SSSR count). The Hall–Kier alpha value is -1.88. The number of benzene rings is 1. The van der Waals surface area contributed by atoms with Gasteiger partial charge in [0.25, 0.3) is 0 Å². The van der Waals surface area contributed by atoms with Crippen LogP contribution in [0.1, 0.15) is 18.2 Å². The van der Waals surface area contributed by atoms with Gasteiger partial charge in [-0.05, 0) is 37.1 Å². The molecule has 5 heteroatoms. The standard InChI is InChI=1S/C14H16FN3O/c1-8-11(7-17-18-8)2-9-3-12(15)4-10-5-13(6-16)19-14(9)10/h3-5,7-8,11,18H,2,6,16H2,1H3. The summed E-state index contributed by atoms with van der Waals surface area (Å²) < 4.78 is 19.4. The van der Waals surface area contributed by atoms with Crippen LogP contribution in [0.2, 0.25) is 0 Å². The van der Waals surface area contributed by atoms with Crippen LogP contribution in [-0.2, 0) is 13.0 Å². The Labute approximate surface area is 110 Å². The highest BCUT2D eigenvalue weighted by Crippen LogP contribution is 2.27. The molecule has 1 aliphatic heterocycles. The van der Waals surface area contributed by atoms with Gasteiger partial charge in [0.1, 0.15) is 17.2 Å². The Morgan fingerprint density at radius 3 is 2.95 bits per heavy atom. The minimum atomic E-state index is -0.248. The van der Waals surface area contributed by atoms with Gasteiger partial charge in [-0.1, -0.05) is 0 Å². The molecule has 0 bridgehead atoms. The maximum Gasteiger partial charge on any atom is 0.137 e. The number of nitrogens with one attached hydrogen (secondary N) is 1. The molecule has 0 fully saturated rings. The van der Waals surface area contributed by atoms with E-state index in [1.165, 1.54) is 12.1 Å². The number of fused-ring (bicyclic) bond motifs is 1. The zero-order valence-electron chi connectivity index (χ0n) is 10.7. The first-order chi connectivity index (χ1) is 9.17. The smallest absolute Gasteiger partial charge is 0.137 e. The molecule has 3 N–H and O–H groups in total. The largest absolute Gasteiger partial charge is 0.459 e. The van der Waals surface area contributed by atoms with Crippen LogP contribution in [0.4, 0.5) is 4.39 Å². The highest BCUT2D eigenvalue weighted by Gasteiger charge is 2.22. The number of nitrogens with zero attached hydrogens (tertiary/aromatic N) is 1. The minimum absolute atomic E-state index is 0.247. The van der Waals surface area contributed by atoms with Crippen molar-refractivity contribution in [2.24, 2.45) is 16.8 Å². The molecule has 2 aromatic rings. The number of halogens is 1. The van der Waals surface area contributed by atoms with Crippen LogP contribution >= 0.6 is 0 Å². The van der Waals surface area contributed by atoms with Crippen LogP contribution in [0.5, 0.6) is 0 Å². The molecule has 0 amide bonds. The highest BCUT2D eigenvalue weighted by molar-refractivity contribution is 5.82. The van der Waals surface area contributed by atoms with Crippen molar-refractivity contribution in [2.75, 3.05) is 0 Å². The number of nitrogens with two attached hydrogens (primary N) is 1. The fourth-order valence-corrected chi connectivity index (χ4v) is 2.46. The summed E-state index contributed by atoms with van der Waals surface area (Å²) in [6.07, 6.45) is 2.57.